The van der Waals surface area contributed by atoms with E-state index >= 15 is 0 Å². The molecule has 1 heterocycles. The van der Waals surface area contributed by atoms with Gasteiger partial charge in [0.15, 0.2) is 0 Å². The standard InChI is InChI=1S/C13H13NO2S/c1-8-3-5-10(6-4-8)13-9(2)17-11(14-13)7-12(15)16/h3-6H,7H2,1-2H3,(H,15,16). The molecular formula is C13H13NO2S. The maximum absolute atomic E-state index is 10.6. The van der Waals surface area contributed by atoms with Crippen molar-refractivity contribution >= 4 is 17.3 Å². The van der Waals surface area contributed by atoms with Gasteiger partial charge in [0.05, 0.1) is 12.1 Å². The average molecular weight is 247 g/mol. The van der Waals surface area contributed by atoms with Gasteiger partial charge >= 0.3 is 5.97 Å². The number of hydrogen-bond acceptors (Lipinski definition) is 3. The van der Waals surface area contributed by atoms with Crippen LogP contribution in [0.4, 0.5) is 0 Å². The van der Waals surface area contributed by atoms with Crippen molar-refractivity contribution in [1.29, 1.82) is 0 Å². The Hall–Kier alpha value is -1.68. The fraction of sp³-hybridized carbons (Fsp3) is 0.231. The third-order valence-electron chi connectivity index (χ3n) is 2.47. The molecule has 3 nitrogen and oxygen atoms in total. The SMILES string of the molecule is Cc1ccc(-c2nc(CC(=O)O)sc2C)cc1. The zero-order valence-corrected chi connectivity index (χ0v) is 10.5. The topological polar surface area (TPSA) is 50.2 Å². The quantitative estimate of drug-likeness (QED) is 0.906. The van der Waals surface area contributed by atoms with Crippen LogP contribution < -0.4 is 0 Å². The zero-order valence-electron chi connectivity index (χ0n) is 9.73. The van der Waals surface area contributed by atoms with E-state index in [9.17, 15) is 4.79 Å². The maximum atomic E-state index is 10.6. The molecule has 2 rings (SSSR count). The van der Waals surface area contributed by atoms with Crippen LogP contribution in [-0.4, -0.2) is 16.1 Å². The molecule has 0 radical (unpaired) electrons. The summed E-state index contributed by atoms with van der Waals surface area (Å²) in [5, 5.41) is 9.40. The summed E-state index contributed by atoms with van der Waals surface area (Å²) in [5.74, 6) is -0.839. The first-order valence-corrected chi connectivity index (χ1v) is 6.13. The number of carboxylic acids is 1. The van der Waals surface area contributed by atoms with Crippen molar-refractivity contribution in [3.8, 4) is 11.3 Å². The van der Waals surface area contributed by atoms with E-state index in [1.54, 1.807) is 0 Å². The summed E-state index contributed by atoms with van der Waals surface area (Å²) in [7, 11) is 0. The Morgan fingerprint density at radius 1 is 1.29 bits per heavy atom. The van der Waals surface area contributed by atoms with Crippen molar-refractivity contribution in [3.05, 3.63) is 39.7 Å². The van der Waals surface area contributed by atoms with Gasteiger partial charge < -0.3 is 5.11 Å². The second-order valence-electron chi connectivity index (χ2n) is 3.95. The fourth-order valence-electron chi connectivity index (χ4n) is 1.64. The second-order valence-corrected chi connectivity index (χ2v) is 5.24. The number of thiazole rings is 1. The average Bonchev–Trinajstić information content (AvgIpc) is 2.59. The Balaban J connectivity index is 2.35. The van der Waals surface area contributed by atoms with Gasteiger partial charge in [-0.25, -0.2) is 4.98 Å². The number of carbonyl (C=O) groups is 1. The van der Waals surface area contributed by atoms with Gasteiger partial charge in [0, 0.05) is 10.4 Å². The van der Waals surface area contributed by atoms with Crippen molar-refractivity contribution in [3.63, 3.8) is 0 Å². The number of nitrogens with zero attached hydrogens (tertiary/aromatic N) is 1. The van der Waals surface area contributed by atoms with E-state index in [1.807, 2.05) is 38.1 Å². The van der Waals surface area contributed by atoms with E-state index in [0.717, 1.165) is 16.1 Å². The molecule has 2 aromatic rings. The van der Waals surface area contributed by atoms with Crippen LogP contribution in [0.5, 0.6) is 0 Å². The van der Waals surface area contributed by atoms with Gasteiger partial charge in [-0.3, -0.25) is 4.79 Å². The number of benzene rings is 1. The van der Waals surface area contributed by atoms with Gasteiger partial charge in [-0.1, -0.05) is 29.8 Å². The largest absolute Gasteiger partial charge is 0.481 e. The Morgan fingerprint density at radius 2 is 1.94 bits per heavy atom. The van der Waals surface area contributed by atoms with Crippen molar-refractivity contribution < 1.29 is 9.90 Å². The van der Waals surface area contributed by atoms with E-state index in [0.29, 0.717) is 5.01 Å². The highest BCUT2D eigenvalue weighted by Crippen LogP contribution is 2.27. The van der Waals surface area contributed by atoms with Crippen LogP contribution in [0.1, 0.15) is 15.4 Å². The Bertz CT molecular complexity index is 543. The highest BCUT2D eigenvalue weighted by atomic mass is 32.1. The highest BCUT2D eigenvalue weighted by molar-refractivity contribution is 7.12. The molecule has 1 aromatic heterocycles. The number of carboxylic acid groups (broad SMARTS) is 1. The van der Waals surface area contributed by atoms with Gasteiger partial charge in [0.25, 0.3) is 0 Å². The number of aryl methyl sites for hydroxylation is 2. The molecule has 0 unspecified atom stereocenters. The summed E-state index contributed by atoms with van der Waals surface area (Å²) >= 11 is 1.45. The Labute approximate surface area is 104 Å². The monoisotopic (exact) mass is 247 g/mol. The van der Waals surface area contributed by atoms with Crippen molar-refractivity contribution in [2.24, 2.45) is 0 Å². The summed E-state index contributed by atoms with van der Waals surface area (Å²) in [4.78, 5) is 16.1. The van der Waals surface area contributed by atoms with Crippen LogP contribution in [0, 0.1) is 13.8 Å². The second kappa shape index (κ2) is 4.67. The molecule has 0 amide bonds. The molecule has 17 heavy (non-hydrogen) atoms. The van der Waals surface area contributed by atoms with Gasteiger partial charge in [0.2, 0.25) is 0 Å². The summed E-state index contributed by atoms with van der Waals surface area (Å²) in [5.41, 5.74) is 3.14. The first-order chi connectivity index (χ1) is 8.06. The summed E-state index contributed by atoms with van der Waals surface area (Å²) in [6.07, 6.45) is -0.00261. The third kappa shape index (κ3) is 2.71. The molecule has 0 saturated carbocycles. The maximum Gasteiger partial charge on any atom is 0.310 e. The number of hydrogen-bond donors (Lipinski definition) is 1. The van der Waals surface area contributed by atoms with Crippen molar-refractivity contribution in [2.75, 3.05) is 0 Å². The summed E-state index contributed by atoms with van der Waals surface area (Å²) < 4.78 is 0. The predicted molar refractivity (Wildman–Crippen MR) is 68.4 cm³/mol. The molecule has 0 fully saturated rings. The van der Waals surface area contributed by atoms with Crippen LogP contribution >= 0.6 is 11.3 Å². The van der Waals surface area contributed by atoms with Crippen molar-refractivity contribution in [2.45, 2.75) is 20.3 Å². The molecule has 88 valence electrons. The Morgan fingerprint density at radius 3 is 2.53 bits per heavy atom. The third-order valence-corrected chi connectivity index (χ3v) is 3.44. The molecule has 0 spiro atoms. The van der Waals surface area contributed by atoms with E-state index in [-0.39, 0.29) is 6.42 Å². The minimum absolute atomic E-state index is 0.00261. The van der Waals surface area contributed by atoms with Crippen LogP contribution in [0.3, 0.4) is 0 Å². The highest BCUT2D eigenvalue weighted by Gasteiger charge is 2.11. The molecule has 0 saturated heterocycles. The van der Waals surface area contributed by atoms with Gasteiger partial charge in [-0.05, 0) is 13.8 Å². The van der Waals surface area contributed by atoms with E-state index < -0.39 is 5.97 Å². The first-order valence-electron chi connectivity index (χ1n) is 5.31. The van der Waals surface area contributed by atoms with E-state index in [1.165, 1.54) is 16.9 Å². The van der Waals surface area contributed by atoms with Crippen LogP contribution in [0.15, 0.2) is 24.3 Å². The van der Waals surface area contributed by atoms with Gasteiger partial charge in [-0.2, -0.15) is 0 Å². The smallest absolute Gasteiger partial charge is 0.310 e. The lowest BCUT2D eigenvalue weighted by Crippen LogP contribution is -1.99. The van der Waals surface area contributed by atoms with E-state index in [2.05, 4.69) is 4.98 Å². The molecule has 0 aliphatic heterocycles. The summed E-state index contributed by atoms with van der Waals surface area (Å²) in [6, 6.07) is 8.10. The normalized spacial score (nSPS) is 10.5. The van der Waals surface area contributed by atoms with Crippen LogP contribution in [-0.2, 0) is 11.2 Å². The molecule has 0 bridgehead atoms. The molecular weight excluding hydrogens is 234 g/mol. The minimum atomic E-state index is -0.839. The lowest BCUT2D eigenvalue weighted by Gasteiger charge is -1.99. The number of aliphatic carboxylic acids is 1. The summed E-state index contributed by atoms with van der Waals surface area (Å²) in [6.45, 7) is 4.01. The van der Waals surface area contributed by atoms with E-state index in [4.69, 9.17) is 5.11 Å². The van der Waals surface area contributed by atoms with Crippen LogP contribution in [0.25, 0.3) is 11.3 Å². The number of aromatic nitrogens is 1. The number of rotatable bonds is 3. The predicted octanol–water partition coefficient (Wildman–Crippen LogP) is 3.05. The Kier molecular flexibility index (Phi) is 3.24. The van der Waals surface area contributed by atoms with Gasteiger partial charge in [-0.15, -0.1) is 11.3 Å². The molecule has 4 heteroatoms. The molecule has 0 aliphatic rings. The first kappa shape index (κ1) is 11.8. The van der Waals surface area contributed by atoms with Crippen molar-refractivity contribution in [1.82, 2.24) is 4.98 Å². The molecule has 1 aromatic carbocycles. The molecule has 0 atom stereocenters. The van der Waals surface area contributed by atoms with Crippen LogP contribution in [0.2, 0.25) is 0 Å². The van der Waals surface area contributed by atoms with Gasteiger partial charge in [0.1, 0.15) is 5.01 Å². The molecule has 1 N–H and O–H groups in total. The zero-order chi connectivity index (χ0) is 12.4. The minimum Gasteiger partial charge on any atom is -0.481 e. The molecule has 0 aliphatic carbocycles. The lowest BCUT2D eigenvalue weighted by molar-refractivity contribution is -0.136. The fourth-order valence-corrected chi connectivity index (χ4v) is 2.58. The lowest BCUT2D eigenvalue weighted by atomic mass is 10.1.